The minimum atomic E-state index is 0.674. The predicted octanol–water partition coefficient (Wildman–Crippen LogP) is 3.81. The summed E-state index contributed by atoms with van der Waals surface area (Å²) < 4.78 is 7.01. The van der Waals surface area contributed by atoms with Gasteiger partial charge in [0.2, 0.25) is 0 Å². The zero-order valence-electron chi connectivity index (χ0n) is 12.1. The van der Waals surface area contributed by atoms with Crippen molar-refractivity contribution >= 4 is 15.9 Å². The Morgan fingerprint density at radius 2 is 2.16 bits per heavy atom. The van der Waals surface area contributed by atoms with E-state index in [0.29, 0.717) is 5.92 Å². The molecule has 0 radical (unpaired) electrons. The fraction of sp³-hybridized carbons (Fsp3) is 0.625. The molecule has 1 aromatic carbocycles. The number of hydrogen-bond acceptors (Lipinski definition) is 2. The Labute approximate surface area is 125 Å². The summed E-state index contributed by atoms with van der Waals surface area (Å²) in [4.78, 5) is 0. The molecule has 1 aromatic rings. The molecule has 1 aliphatic heterocycles. The summed E-state index contributed by atoms with van der Waals surface area (Å²) in [5.74, 6) is 2.56. The number of nitrogens with one attached hydrogen (secondary N) is 1. The quantitative estimate of drug-likeness (QED) is 0.858. The summed E-state index contributed by atoms with van der Waals surface area (Å²) in [7, 11) is 2.04. The fourth-order valence-corrected chi connectivity index (χ4v) is 3.56. The molecule has 3 heteroatoms. The lowest BCUT2D eigenvalue weighted by atomic mass is 9.90. The lowest BCUT2D eigenvalue weighted by Gasteiger charge is -2.20. The lowest BCUT2D eigenvalue weighted by molar-refractivity contribution is 0.345. The van der Waals surface area contributed by atoms with Gasteiger partial charge in [-0.15, -0.1) is 0 Å². The minimum Gasteiger partial charge on any atom is -0.493 e. The Morgan fingerprint density at radius 1 is 1.37 bits per heavy atom. The Hall–Kier alpha value is -0.540. The smallest absolute Gasteiger partial charge is 0.125 e. The van der Waals surface area contributed by atoms with Gasteiger partial charge in [0.15, 0.2) is 0 Å². The summed E-state index contributed by atoms with van der Waals surface area (Å²) in [5, 5.41) is 3.32. The first-order valence-electron chi connectivity index (χ1n) is 7.18. The Morgan fingerprint density at radius 3 is 2.84 bits per heavy atom. The van der Waals surface area contributed by atoms with Crippen molar-refractivity contribution in [3.8, 4) is 5.75 Å². The van der Waals surface area contributed by atoms with E-state index in [-0.39, 0.29) is 0 Å². The van der Waals surface area contributed by atoms with Crippen LogP contribution < -0.4 is 10.1 Å². The van der Waals surface area contributed by atoms with Gasteiger partial charge in [-0.05, 0) is 61.5 Å². The molecule has 1 aliphatic rings. The molecule has 1 N–H and O–H groups in total. The van der Waals surface area contributed by atoms with Crippen LogP contribution in [0.5, 0.6) is 5.75 Å². The number of rotatable bonds is 6. The van der Waals surface area contributed by atoms with Gasteiger partial charge in [-0.25, -0.2) is 0 Å². The van der Waals surface area contributed by atoms with Crippen LogP contribution in [0.15, 0.2) is 16.6 Å². The van der Waals surface area contributed by atoms with E-state index in [1.807, 2.05) is 7.05 Å². The van der Waals surface area contributed by atoms with Crippen molar-refractivity contribution < 1.29 is 4.74 Å². The number of ether oxygens (including phenoxy) is 1. The van der Waals surface area contributed by atoms with E-state index in [4.69, 9.17) is 4.74 Å². The molecule has 0 amide bonds. The topological polar surface area (TPSA) is 21.3 Å². The van der Waals surface area contributed by atoms with Gasteiger partial charge in [0.05, 0.1) is 6.61 Å². The maximum Gasteiger partial charge on any atom is 0.125 e. The van der Waals surface area contributed by atoms with E-state index >= 15 is 0 Å². The maximum absolute atomic E-state index is 5.83. The molecular weight excluding hydrogens is 302 g/mol. The van der Waals surface area contributed by atoms with E-state index in [2.05, 4.69) is 47.2 Å². The van der Waals surface area contributed by atoms with Crippen LogP contribution in [0.4, 0.5) is 0 Å². The minimum absolute atomic E-state index is 0.674. The van der Waals surface area contributed by atoms with Crippen LogP contribution in [0, 0.1) is 11.8 Å². The molecule has 1 heterocycles. The van der Waals surface area contributed by atoms with Crippen LogP contribution in [0.3, 0.4) is 0 Å². The van der Waals surface area contributed by atoms with Gasteiger partial charge in [0, 0.05) is 10.9 Å². The van der Waals surface area contributed by atoms with Gasteiger partial charge in [-0.1, -0.05) is 29.8 Å². The van der Waals surface area contributed by atoms with Crippen LogP contribution in [0.2, 0.25) is 0 Å². The van der Waals surface area contributed by atoms with Gasteiger partial charge >= 0.3 is 0 Å². The Balaban J connectivity index is 2.16. The molecule has 1 atom stereocenters. The highest BCUT2D eigenvalue weighted by atomic mass is 79.9. The summed E-state index contributed by atoms with van der Waals surface area (Å²) >= 11 is 3.62. The summed E-state index contributed by atoms with van der Waals surface area (Å²) in [5.41, 5.74) is 2.72. The third-order valence-corrected chi connectivity index (χ3v) is 4.09. The molecule has 19 heavy (non-hydrogen) atoms. The normalized spacial score (nSPS) is 15.4. The van der Waals surface area contributed by atoms with Crippen molar-refractivity contribution in [2.24, 2.45) is 11.8 Å². The lowest BCUT2D eigenvalue weighted by Crippen LogP contribution is -2.22. The van der Waals surface area contributed by atoms with E-state index in [0.717, 1.165) is 37.7 Å². The highest BCUT2D eigenvalue weighted by Crippen LogP contribution is 2.35. The van der Waals surface area contributed by atoms with Crippen LogP contribution >= 0.6 is 15.9 Å². The molecule has 0 aromatic heterocycles. The Bertz CT molecular complexity index is 431. The third-order valence-electron chi connectivity index (χ3n) is 3.63. The number of fused-ring (bicyclic) bond motifs is 1. The van der Waals surface area contributed by atoms with Gasteiger partial charge in [0.25, 0.3) is 0 Å². The van der Waals surface area contributed by atoms with Crippen LogP contribution in [-0.2, 0) is 12.8 Å². The van der Waals surface area contributed by atoms with Crippen molar-refractivity contribution in [2.45, 2.75) is 33.1 Å². The maximum atomic E-state index is 5.83. The predicted molar refractivity (Wildman–Crippen MR) is 83.9 cm³/mol. The first-order chi connectivity index (χ1) is 9.10. The molecule has 0 spiro atoms. The second-order valence-electron chi connectivity index (χ2n) is 5.91. The van der Waals surface area contributed by atoms with Gasteiger partial charge in [-0.3, -0.25) is 0 Å². The van der Waals surface area contributed by atoms with Gasteiger partial charge in [0.1, 0.15) is 5.75 Å². The van der Waals surface area contributed by atoms with Crippen molar-refractivity contribution in [1.29, 1.82) is 0 Å². The molecule has 2 rings (SSSR count). The second-order valence-corrected chi connectivity index (χ2v) is 6.82. The van der Waals surface area contributed by atoms with Crippen molar-refractivity contribution in [1.82, 2.24) is 5.32 Å². The van der Waals surface area contributed by atoms with Gasteiger partial charge in [-0.2, -0.15) is 0 Å². The molecule has 2 nitrogen and oxygen atoms in total. The zero-order valence-corrected chi connectivity index (χ0v) is 13.7. The van der Waals surface area contributed by atoms with Crippen molar-refractivity contribution in [3.05, 3.63) is 27.7 Å². The highest BCUT2D eigenvalue weighted by Gasteiger charge is 2.20. The molecular formula is C16H24BrNO. The van der Waals surface area contributed by atoms with Crippen LogP contribution in [-0.4, -0.2) is 20.2 Å². The van der Waals surface area contributed by atoms with E-state index < -0.39 is 0 Å². The molecule has 1 unspecified atom stereocenters. The summed E-state index contributed by atoms with van der Waals surface area (Å²) in [6.07, 6.45) is 3.39. The number of halogens is 1. The second kappa shape index (κ2) is 6.76. The summed E-state index contributed by atoms with van der Waals surface area (Å²) in [6, 6.07) is 4.43. The average Bonchev–Trinajstić information content (AvgIpc) is 2.76. The SMILES string of the molecule is CNCC(Cc1cc(Br)cc2c1OCC2)CC(C)C. The molecule has 0 saturated carbocycles. The zero-order chi connectivity index (χ0) is 13.8. The summed E-state index contributed by atoms with van der Waals surface area (Å²) in [6.45, 7) is 6.49. The molecule has 0 saturated heterocycles. The van der Waals surface area contributed by atoms with Gasteiger partial charge < -0.3 is 10.1 Å². The van der Waals surface area contributed by atoms with Crippen LogP contribution in [0.25, 0.3) is 0 Å². The van der Waals surface area contributed by atoms with Crippen molar-refractivity contribution in [2.75, 3.05) is 20.2 Å². The fourth-order valence-electron chi connectivity index (χ4n) is 3.00. The van der Waals surface area contributed by atoms with Crippen LogP contribution in [0.1, 0.15) is 31.4 Å². The van der Waals surface area contributed by atoms with E-state index in [1.165, 1.54) is 22.0 Å². The molecule has 0 aliphatic carbocycles. The number of benzene rings is 1. The standard InChI is InChI=1S/C16H24BrNO/c1-11(2)6-12(10-18-3)7-14-9-15(17)8-13-4-5-19-16(13)14/h8-9,11-12,18H,4-7,10H2,1-3H3. The largest absolute Gasteiger partial charge is 0.493 e. The molecule has 0 bridgehead atoms. The molecule has 106 valence electrons. The molecule has 0 fully saturated rings. The average molecular weight is 326 g/mol. The first-order valence-corrected chi connectivity index (χ1v) is 7.98. The Kier molecular flexibility index (Phi) is 5.28. The number of hydrogen-bond donors (Lipinski definition) is 1. The van der Waals surface area contributed by atoms with Crippen molar-refractivity contribution in [3.63, 3.8) is 0 Å². The van der Waals surface area contributed by atoms with E-state index in [9.17, 15) is 0 Å². The highest BCUT2D eigenvalue weighted by molar-refractivity contribution is 9.10. The van der Waals surface area contributed by atoms with E-state index in [1.54, 1.807) is 0 Å². The first kappa shape index (κ1) is 14.9. The third kappa shape index (κ3) is 3.96. The monoisotopic (exact) mass is 325 g/mol.